The number of halogens is 1. The van der Waals surface area contributed by atoms with Crippen LogP contribution in [0.15, 0.2) is 18.2 Å². The van der Waals surface area contributed by atoms with Crippen LogP contribution in [-0.4, -0.2) is 17.7 Å². The fourth-order valence-corrected chi connectivity index (χ4v) is 1.68. The predicted molar refractivity (Wildman–Crippen MR) is 56.6 cm³/mol. The van der Waals surface area contributed by atoms with Gasteiger partial charge >= 0.3 is 5.97 Å². The zero-order valence-corrected chi connectivity index (χ0v) is 8.83. The minimum Gasteiger partial charge on any atom is -0.482 e. The van der Waals surface area contributed by atoms with Gasteiger partial charge in [-0.15, -0.1) is 0 Å². The molecule has 0 saturated heterocycles. The third kappa shape index (κ3) is 2.63. The molecule has 15 heavy (non-hydrogen) atoms. The highest BCUT2D eigenvalue weighted by Crippen LogP contribution is 2.45. The Kier molecular flexibility index (Phi) is 2.82. The smallest absolute Gasteiger partial charge is 0.341 e. The molecule has 0 radical (unpaired) electrons. The molecule has 1 aromatic rings. The largest absolute Gasteiger partial charge is 0.482 e. The van der Waals surface area contributed by atoms with Gasteiger partial charge in [0.15, 0.2) is 6.61 Å². The lowest BCUT2D eigenvalue weighted by molar-refractivity contribution is -0.139. The molecular weight excluding hydrogens is 216 g/mol. The van der Waals surface area contributed by atoms with Gasteiger partial charge in [-0.3, -0.25) is 0 Å². The third-order valence-electron chi connectivity index (χ3n) is 2.34. The molecule has 0 heterocycles. The molecule has 2 rings (SSSR count). The van der Waals surface area contributed by atoms with E-state index < -0.39 is 5.97 Å². The summed E-state index contributed by atoms with van der Waals surface area (Å²) in [5.41, 5.74) is 1.03. The number of carboxylic acid groups (broad SMARTS) is 1. The molecule has 0 amide bonds. The molecule has 4 heteroatoms. The Morgan fingerprint density at radius 3 is 2.87 bits per heavy atom. The van der Waals surface area contributed by atoms with Crippen molar-refractivity contribution in [2.24, 2.45) is 0 Å². The quantitative estimate of drug-likeness (QED) is 0.859. The molecule has 0 atom stereocenters. The summed E-state index contributed by atoms with van der Waals surface area (Å²) in [4.78, 5) is 10.4. The maximum Gasteiger partial charge on any atom is 0.341 e. The first-order valence-corrected chi connectivity index (χ1v) is 5.18. The maximum absolute atomic E-state index is 10.4. The number of carbonyl (C=O) groups is 1. The molecular formula is C11H11ClO3. The fraction of sp³-hybridized carbons (Fsp3) is 0.364. The Labute approximate surface area is 92.6 Å². The van der Waals surface area contributed by atoms with E-state index in [1.165, 1.54) is 0 Å². The van der Waals surface area contributed by atoms with Crippen molar-refractivity contribution in [3.63, 3.8) is 0 Å². The molecule has 1 aromatic carbocycles. The van der Waals surface area contributed by atoms with Crippen LogP contribution < -0.4 is 4.74 Å². The van der Waals surface area contributed by atoms with E-state index in [0.717, 1.165) is 18.4 Å². The topological polar surface area (TPSA) is 46.5 Å². The SMILES string of the molecule is O=C(O)COc1ccc(Cl)cc1C1CC1. The third-order valence-corrected chi connectivity index (χ3v) is 2.58. The van der Waals surface area contributed by atoms with Crippen LogP contribution in [-0.2, 0) is 4.79 Å². The van der Waals surface area contributed by atoms with Gasteiger partial charge in [0.1, 0.15) is 5.75 Å². The van der Waals surface area contributed by atoms with Gasteiger partial charge in [-0.2, -0.15) is 0 Å². The van der Waals surface area contributed by atoms with E-state index in [9.17, 15) is 4.79 Å². The number of benzene rings is 1. The van der Waals surface area contributed by atoms with Crippen LogP contribution in [0.3, 0.4) is 0 Å². The van der Waals surface area contributed by atoms with Crippen LogP contribution in [0.4, 0.5) is 0 Å². The van der Waals surface area contributed by atoms with Crippen molar-refractivity contribution in [1.82, 2.24) is 0 Å². The summed E-state index contributed by atoms with van der Waals surface area (Å²) in [6, 6.07) is 5.31. The van der Waals surface area contributed by atoms with Crippen LogP contribution in [0.2, 0.25) is 5.02 Å². The number of ether oxygens (including phenoxy) is 1. The van der Waals surface area contributed by atoms with Gasteiger partial charge in [0.05, 0.1) is 0 Å². The molecule has 0 spiro atoms. The van der Waals surface area contributed by atoms with Gasteiger partial charge in [0.25, 0.3) is 0 Å². The van der Waals surface area contributed by atoms with Crippen molar-refractivity contribution in [1.29, 1.82) is 0 Å². The number of hydrogen-bond acceptors (Lipinski definition) is 2. The van der Waals surface area contributed by atoms with Gasteiger partial charge < -0.3 is 9.84 Å². The molecule has 0 bridgehead atoms. The molecule has 1 aliphatic rings. The van der Waals surface area contributed by atoms with Crippen molar-refractivity contribution >= 4 is 17.6 Å². The average molecular weight is 227 g/mol. The zero-order valence-electron chi connectivity index (χ0n) is 8.07. The summed E-state index contributed by atoms with van der Waals surface area (Å²) in [6.45, 7) is -0.304. The lowest BCUT2D eigenvalue weighted by atomic mass is 10.1. The minimum absolute atomic E-state index is 0.304. The number of hydrogen-bond donors (Lipinski definition) is 1. The van der Waals surface area contributed by atoms with Crippen LogP contribution in [0.25, 0.3) is 0 Å². The van der Waals surface area contributed by atoms with Crippen molar-refractivity contribution in [2.45, 2.75) is 18.8 Å². The van der Waals surface area contributed by atoms with Gasteiger partial charge in [-0.1, -0.05) is 11.6 Å². The molecule has 80 valence electrons. The van der Waals surface area contributed by atoms with Gasteiger partial charge in [-0.25, -0.2) is 4.79 Å². The van der Waals surface area contributed by atoms with E-state index in [-0.39, 0.29) is 6.61 Å². The first-order valence-electron chi connectivity index (χ1n) is 4.81. The second kappa shape index (κ2) is 4.11. The number of rotatable bonds is 4. The van der Waals surface area contributed by atoms with E-state index in [2.05, 4.69) is 0 Å². The van der Waals surface area contributed by atoms with Crippen molar-refractivity contribution < 1.29 is 14.6 Å². The summed E-state index contributed by atoms with van der Waals surface area (Å²) < 4.78 is 5.20. The minimum atomic E-state index is -0.966. The van der Waals surface area contributed by atoms with Crippen molar-refractivity contribution in [3.8, 4) is 5.75 Å². The normalized spacial score (nSPS) is 15.0. The summed E-state index contributed by atoms with van der Waals surface area (Å²) in [5.74, 6) is 0.170. The molecule has 1 fully saturated rings. The van der Waals surface area contributed by atoms with Crippen LogP contribution in [0, 0.1) is 0 Å². The highest BCUT2D eigenvalue weighted by molar-refractivity contribution is 6.30. The highest BCUT2D eigenvalue weighted by Gasteiger charge is 2.27. The van der Waals surface area contributed by atoms with Gasteiger partial charge in [-0.05, 0) is 42.5 Å². The summed E-state index contributed by atoms with van der Waals surface area (Å²) in [6.07, 6.45) is 2.26. The van der Waals surface area contributed by atoms with E-state index >= 15 is 0 Å². The average Bonchev–Trinajstić information content (AvgIpc) is 2.98. The molecule has 0 aliphatic heterocycles. The lowest BCUT2D eigenvalue weighted by Gasteiger charge is -2.09. The Hall–Kier alpha value is -1.22. The zero-order chi connectivity index (χ0) is 10.8. The molecule has 3 nitrogen and oxygen atoms in total. The molecule has 1 N–H and O–H groups in total. The Morgan fingerprint density at radius 2 is 2.27 bits per heavy atom. The Balaban J connectivity index is 2.17. The second-order valence-electron chi connectivity index (χ2n) is 3.64. The fourth-order valence-electron chi connectivity index (χ4n) is 1.50. The van der Waals surface area contributed by atoms with E-state index in [1.807, 2.05) is 6.07 Å². The number of carboxylic acids is 1. The second-order valence-corrected chi connectivity index (χ2v) is 4.08. The standard InChI is InChI=1S/C11H11ClO3/c12-8-3-4-10(15-6-11(13)14)9(5-8)7-1-2-7/h3-5,7H,1-2,6H2,(H,13,14). The summed E-state index contributed by atoms with van der Waals surface area (Å²) in [7, 11) is 0. The van der Waals surface area contributed by atoms with Crippen LogP contribution >= 0.6 is 11.6 Å². The van der Waals surface area contributed by atoms with Crippen molar-refractivity contribution in [2.75, 3.05) is 6.61 Å². The highest BCUT2D eigenvalue weighted by atomic mass is 35.5. The monoisotopic (exact) mass is 226 g/mol. The van der Waals surface area contributed by atoms with Crippen LogP contribution in [0.5, 0.6) is 5.75 Å². The van der Waals surface area contributed by atoms with Crippen LogP contribution in [0.1, 0.15) is 24.3 Å². The predicted octanol–water partition coefficient (Wildman–Crippen LogP) is 2.68. The number of aliphatic carboxylic acids is 1. The Bertz CT molecular complexity index is 385. The molecule has 1 saturated carbocycles. The van der Waals surface area contributed by atoms with Gasteiger partial charge in [0.2, 0.25) is 0 Å². The summed E-state index contributed by atoms with van der Waals surface area (Å²) in [5, 5.41) is 9.19. The first-order chi connectivity index (χ1) is 7.16. The molecule has 0 aromatic heterocycles. The molecule has 1 aliphatic carbocycles. The van der Waals surface area contributed by atoms with E-state index in [0.29, 0.717) is 16.7 Å². The first kappa shape index (κ1) is 10.3. The van der Waals surface area contributed by atoms with E-state index in [4.69, 9.17) is 21.4 Å². The van der Waals surface area contributed by atoms with Crippen molar-refractivity contribution in [3.05, 3.63) is 28.8 Å². The Morgan fingerprint density at radius 1 is 1.53 bits per heavy atom. The van der Waals surface area contributed by atoms with Gasteiger partial charge in [0, 0.05) is 5.02 Å². The van der Waals surface area contributed by atoms with E-state index in [1.54, 1.807) is 12.1 Å². The summed E-state index contributed by atoms with van der Waals surface area (Å²) >= 11 is 5.88. The lowest BCUT2D eigenvalue weighted by Crippen LogP contribution is -2.10. The molecule has 0 unspecified atom stereocenters. The maximum atomic E-state index is 10.4.